The monoisotopic (exact) mass is 443 g/mol. The molecule has 0 aromatic heterocycles. The maximum atomic E-state index is 13.5. The fourth-order valence-corrected chi connectivity index (χ4v) is 3.05. The van der Waals surface area contributed by atoms with Crippen molar-refractivity contribution >= 4 is 29.0 Å². The molecule has 0 saturated carbocycles. The molecule has 1 heterocycles. The first-order valence-corrected chi connectivity index (χ1v) is 9.68. The van der Waals surface area contributed by atoms with Gasteiger partial charge in [0.05, 0.1) is 31.0 Å². The molecule has 30 heavy (non-hydrogen) atoms. The van der Waals surface area contributed by atoms with Crippen LogP contribution >= 0.6 is 11.6 Å². The lowest BCUT2D eigenvalue weighted by atomic mass is 10.1. The topological polar surface area (TPSA) is 62.8 Å². The van der Waals surface area contributed by atoms with E-state index in [1.165, 1.54) is 6.07 Å². The Hall–Kier alpha value is -2.65. The summed E-state index contributed by atoms with van der Waals surface area (Å²) >= 11 is 5.78. The molecule has 2 N–H and O–H groups in total. The Kier molecular flexibility index (Phi) is 7.28. The van der Waals surface area contributed by atoms with Gasteiger partial charge in [0.25, 0.3) is 0 Å². The molecular formula is C20H21ClF3N3O3. The molecule has 1 fully saturated rings. The van der Waals surface area contributed by atoms with E-state index >= 15 is 0 Å². The van der Waals surface area contributed by atoms with Crippen molar-refractivity contribution < 1.29 is 27.4 Å². The van der Waals surface area contributed by atoms with Gasteiger partial charge in [-0.3, -0.25) is 0 Å². The third kappa shape index (κ3) is 6.17. The fourth-order valence-electron chi connectivity index (χ4n) is 2.92. The van der Waals surface area contributed by atoms with Gasteiger partial charge in [-0.15, -0.1) is 0 Å². The van der Waals surface area contributed by atoms with Crippen LogP contribution in [0.15, 0.2) is 42.5 Å². The van der Waals surface area contributed by atoms with Crippen molar-refractivity contribution in [3.8, 4) is 5.75 Å². The quantitative estimate of drug-likeness (QED) is 0.650. The summed E-state index contributed by atoms with van der Waals surface area (Å²) in [6.45, 7) is 2.21. The van der Waals surface area contributed by atoms with Crippen LogP contribution in [0.1, 0.15) is 5.56 Å². The Morgan fingerprint density at radius 2 is 1.83 bits per heavy atom. The number of nitrogens with zero attached hydrogens (tertiary/aromatic N) is 1. The zero-order valence-corrected chi connectivity index (χ0v) is 16.7. The van der Waals surface area contributed by atoms with Gasteiger partial charge >= 0.3 is 12.2 Å². The second-order valence-electron chi connectivity index (χ2n) is 6.51. The first kappa shape index (κ1) is 22.0. The minimum atomic E-state index is -4.61. The number of hydrogen-bond donors (Lipinski definition) is 2. The zero-order chi connectivity index (χ0) is 21.6. The van der Waals surface area contributed by atoms with Gasteiger partial charge in [-0.1, -0.05) is 11.6 Å². The van der Waals surface area contributed by atoms with Crippen LogP contribution in [0.2, 0.25) is 5.02 Å². The molecule has 1 saturated heterocycles. The molecule has 0 spiro atoms. The van der Waals surface area contributed by atoms with Crippen LogP contribution in [0.3, 0.4) is 0 Å². The summed E-state index contributed by atoms with van der Waals surface area (Å²) < 4.78 is 51.2. The van der Waals surface area contributed by atoms with Crippen LogP contribution in [-0.4, -0.2) is 45.5 Å². The molecule has 2 aromatic carbocycles. The maximum absolute atomic E-state index is 13.5. The first-order valence-electron chi connectivity index (χ1n) is 9.30. The van der Waals surface area contributed by atoms with Crippen molar-refractivity contribution in [2.45, 2.75) is 6.18 Å². The molecule has 1 aliphatic rings. The van der Waals surface area contributed by atoms with Gasteiger partial charge in [0.15, 0.2) is 0 Å². The number of rotatable bonds is 6. The van der Waals surface area contributed by atoms with Gasteiger partial charge in [0, 0.05) is 23.8 Å². The highest BCUT2D eigenvalue weighted by Crippen LogP contribution is 2.37. The Morgan fingerprint density at radius 3 is 2.50 bits per heavy atom. The van der Waals surface area contributed by atoms with E-state index in [9.17, 15) is 18.0 Å². The van der Waals surface area contributed by atoms with E-state index in [2.05, 4.69) is 10.6 Å². The Bertz CT molecular complexity index is 857. The Balaban J connectivity index is 1.57. The van der Waals surface area contributed by atoms with Crippen molar-refractivity contribution in [2.24, 2.45) is 0 Å². The van der Waals surface area contributed by atoms with E-state index in [0.29, 0.717) is 42.8 Å². The lowest BCUT2D eigenvalue weighted by Gasteiger charge is -2.29. The molecule has 0 radical (unpaired) electrons. The van der Waals surface area contributed by atoms with E-state index in [0.717, 1.165) is 6.07 Å². The number of morpholine rings is 1. The average Bonchev–Trinajstić information content (AvgIpc) is 2.72. The SMILES string of the molecule is O=C(NCCOc1ccc(Cl)cc1)Nc1ccc(N2CCOCC2)cc1C(F)(F)F. The number of amides is 2. The number of hydrogen-bond acceptors (Lipinski definition) is 4. The molecule has 6 nitrogen and oxygen atoms in total. The van der Waals surface area contributed by atoms with Crippen LogP contribution in [0.5, 0.6) is 5.75 Å². The van der Waals surface area contributed by atoms with E-state index < -0.39 is 17.8 Å². The summed E-state index contributed by atoms with van der Waals surface area (Å²) in [4.78, 5) is 13.9. The van der Waals surface area contributed by atoms with Gasteiger partial charge in [0.1, 0.15) is 12.4 Å². The highest BCUT2D eigenvalue weighted by molar-refractivity contribution is 6.30. The molecule has 3 rings (SSSR count). The third-order valence-corrected chi connectivity index (χ3v) is 4.65. The summed E-state index contributed by atoms with van der Waals surface area (Å²) in [6.07, 6.45) is -4.61. The number of benzene rings is 2. The standard InChI is InChI=1S/C20H21ClF3N3O3/c21-14-1-4-16(5-2-14)30-10-7-25-19(28)26-18-6-3-15(13-17(18)20(22,23)24)27-8-11-29-12-9-27/h1-6,13H,7-12H2,(H2,25,26,28). The van der Waals surface area contributed by atoms with Gasteiger partial charge < -0.3 is 25.0 Å². The number of alkyl halides is 3. The summed E-state index contributed by atoms with van der Waals surface area (Å²) in [5.74, 6) is 0.569. The fraction of sp³-hybridized carbons (Fsp3) is 0.350. The van der Waals surface area contributed by atoms with E-state index in [1.807, 2.05) is 4.90 Å². The molecule has 162 valence electrons. The second kappa shape index (κ2) is 9.90. The minimum absolute atomic E-state index is 0.113. The molecule has 2 aromatic rings. The number of ether oxygens (including phenoxy) is 2. The number of nitrogens with one attached hydrogen (secondary N) is 2. The van der Waals surface area contributed by atoms with Crippen LogP contribution in [0, 0.1) is 0 Å². The van der Waals surface area contributed by atoms with Crippen LogP contribution in [0.4, 0.5) is 29.3 Å². The average molecular weight is 444 g/mol. The minimum Gasteiger partial charge on any atom is -0.492 e. The molecule has 10 heteroatoms. The highest BCUT2D eigenvalue weighted by Gasteiger charge is 2.34. The van der Waals surface area contributed by atoms with E-state index in [1.54, 1.807) is 30.3 Å². The lowest BCUT2D eigenvalue weighted by molar-refractivity contribution is -0.136. The molecule has 0 atom stereocenters. The number of urea groups is 1. The normalized spacial score (nSPS) is 14.3. The summed E-state index contributed by atoms with van der Waals surface area (Å²) in [5, 5.41) is 5.31. The van der Waals surface area contributed by atoms with E-state index in [-0.39, 0.29) is 18.8 Å². The predicted molar refractivity (Wildman–Crippen MR) is 108 cm³/mol. The Labute approximate surface area is 176 Å². The van der Waals surface area contributed by atoms with Crippen LogP contribution in [0.25, 0.3) is 0 Å². The summed E-state index contributed by atoms with van der Waals surface area (Å²) in [6, 6.07) is 9.79. The van der Waals surface area contributed by atoms with Gasteiger partial charge in [-0.2, -0.15) is 13.2 Å². The predicted octanol–water partition coefficient (Wildman–Crippen LogP) is 4.40. The number of anilines is 2. The summed E-state index contributed by atoms with van der Waals surface area (Å²) in [7, 11) is 0. The number of carbonyl (C=O) groups is 1. The molecule has 0 unspecified atom stereocenters. The van der Waals surface area contributed by atoms with Crippen LogP contribution < -0.4 is 20.3 Å². The highest BCUT2D eigenvalue weighted by atomic mass is 35.5. The molecule has 0 bridgehead atoms. The molecule has 0 aliphatic carbocycles. The maximum Gasteiger partial charge on any atom is 0.418 e. The van der Waals surface area contributed by atoms with Crippen molar-refractivity contribution in [1.82, 2.24) is 5.32 Å². The number of carbonyl (C=O) groups excluding carboxylic acids is 1. The van der Waals surface area contributed by atoms with Crippen LogP contribution in [-0.2, 0) is 10.9 Å². The lowest BCUT2D eigenvalue weighted by Crippen LogP contribution is -2.36. The van der Waals surface area contributed by atoms with Crippen molar-refractivity contribution in [3.05, 3.63) is 53.1 Å². The van der Waals surface area contributed by atoms with E-state index in [4.69, 9.17) is 21.1 Å². The Morgan fingerprint density at radius 1 is 1.13 bits per heavy atom. The van der Waals surface area contributed by atoms with Crippen molar-refractivity contribution in [3.63, 3.8) is 0 Å². The van der Waals surface area contributed by atoms with Gasteiger partial charge in [0.2, 0.25) is 0 Å². The van der Waals surface area contributed by atoms with Gasteiger partial charge in [-0.05, 0) is 42.5 Å². The second-order valence-corrected chi connectivity index (χ2v) is 6.95. The molecular weight excluding hydrogens is 423 g/mol. The van der Waals surface area contributed by atoms with Crippen molar-refractivity contribution in [1.29, 1.82) is 0 Å². The third-order valence-electron chi connectivity index (χ3n) is 4.40. The molecule has 1 aliphatic heterocycles. The van der Waals surface area contributed by atoms with Gasteiger partial charge in [-0.25, -0.2) is 4.79 Å². The number of halogens is 4. The first-order chi connectivity index (χ1) is 14.3. The smallest absolute Gasteiger partial charge is 0.418 e. The largest absolute Gasteiger partial charge is 0.492 e. The molecule has 2 amide bonds. The summed E-state index contributed by atoms with van der Waals surface area (Å²) in [5.41, 5.74) is -0.775. The van der Waals surface area contributed by atoms with Crippen molar-refractivity contribution in [2.75, 3.05) is 49.7 Å². The zero-order valence-electron chi connectivity index (χ0n) is 16.0.